The number of rotatable bonds is 6. The molecule has 0 radical (unpaired) electrons. The number of anilines is 1. The maximum atomic E-state index is 9.39. The Morgan fingerprint density at radius 1 is 1.44 bits per heavy atom. The highest BCUT2D eigenvalue weighted by Crippen LogP contribution is 2.28. The van der Waals surface area contributed by atoms with Crippen LogP contribution in [0, 0.1) is 0 Å². The van der Waals surface area contributed by atoms with Gasteiger partial charge in [0.15, 0.2) is 0 Å². The van der Waals surface area contributed by atoms with E-state index in [9.17, 15) is 5.11 Å². The second kappa shape index (κ2) is 6.61. The fourth-order valence-electron chi connectivity index (χ4n) is 1.40. The summed E-state index contributed by atoms with van der Waals surface area (Å²) < 4.78 is 3.97. The second-order valence-corrected chi connectivity index (χ2v) is 5.56. The summed E-state index contributed by atoms with van der Waals surface area (Å²) in [4.78, 5) is 1.03. The summed E-state index contributed by atoms with van der Waals surface area (Å²) in [6, 6.07) is 7.24. The first-order valence-electron chi connectivity index (χ1n) is 5.76. The van der Waals surface area contributed by atoms with E-state index in [0.29, 0.717) is 5.75 Å². The summed E-state index contributed by atoms with van der Waals surface area (Å²) in [5.74, 6) is 1.05. The van der Waals surface area contributed by atoms with Gasteiger partial charge in [-0.3, -0.25) is 0 Å². The monoisotopic (exact) mass is 281 g/mol. The van der Waals surface area contributed by atoms with Gasteiger partial charge < -0.3 is 10.4 Å². The Hall–Kier alpha value is -1.27. The Bertz CT molecular complexity index is 502. The van der Waals surface area contributed by atoms with Crippen LogP contribution in [-0.4, -0.2) is 21.2 Å². The highest BCUT2D eigenvalue weighted by molar-refractivity contribution is 7.98. The van der Waals surface area contributed by atoms with E-state index >= 15 is 0 Å². The lowest BCUT2D eigenvalue weighted by atomic mass is 10.3. The highest BCUT2D eigenvalue weighted by atomic mass is 32.2. The van der Waals surface area contributed by atoms with E-state index in [1.165, 1.54) is 11.5 Å². The van der Waals surface area contributed by atoms with E-state index < -0.39 is 0 Å². The average Bonchev–Trinajstić information content (AvgIpc) is 2.81. The lowest BCUT2D eigenvalue weighted by Gasteiger charge is -2.04. The van der Waals surface area contributed by atoms with Crippen LogP contribution in [0.4, 0.5) is 5.00 Å². The topological polar surface area (TPSA) is 58.0 Å². The minimum atomic E-state index is 0.292. The van der Waals surface area contributed by atoms with Crippen molar-refractivity contribution < 1.29 is 5.11 Å². The molecule has 0 atom stereocenters. The van der Waals surface area contributed by atoms with Gasteiger partial charge in [0.25, 0.3) is 0 Å². The average molecular weight is 281 g/mol. The van der Waals surface area contributed by atoms with Crippen molar-refractivity contribution in [2.75, 3.05) is 11.9 Å². The molecule has 0 aliphatic heterocycles. The van der Waals surface area contributed by atoms with Crippen molar-refractivity contribution in [3.8, 4) is 5.75 Å². The fraction of sp³-hybridized carbons (Fsp3) is 0.333. The zero-order valence-corrected chi connectivity index (χ0v) is 11.7. The van der Waals surface area contributed by atoms with Crippen molar-refractivity contribution in [3.05, 3.63) is 30.0 Å². The van der Waals surface area contributed by atoms with Gasteiger partial charge in [0.05, 0.1) is 0 Å². The summed E-state index contributed by atoms with van der Waals surface area (Å²) >= 11 is 3.04. The van der Waals surface area contributed by atoms with E-state index in [1.807, 2.05) is 12.1 Å². The molecular weight excluding hydrogens is 266 g/mol. The van der Waals surface area contributed by atoms with Crippen LogP contribution in [0.25, 0.3) is 0 Å². The van der Waals surface area contributed by atoms with Crippen molar-refractivity contribution >= 4 is 28.3 Å². The number of benzene rings is 1. The molecule has 0 saturated carbocycles. The minimum absolute atomic E-state index is 0.292. The minimum Gasteiger partial charge on any atom is -0.508 e. The Labute approximate surface area is 115 Å². The van der Waals surface area contributed by atoms with Gasteiger partial charge in [-0.05, 0) is 24.6 Å². The first kappa shape index (κ1) is 13.2. The van der Waals surface area contributed by atoms with Gasteiger partial charge in [-0.1, -0.05) is 17.5 Å². The van der Waals surface area contributed by atoms with E-state index in [1.54, 1.807) is 23.9 Å². The quantitative estimate of drug-likeness (QED) is 0.795. The van der Waals surface area contributed by atoms with Crippen LogP contribution in [-0.2, 0) is 5.75 Å². The van der Waals surface area contributed by atoms with E-state index in [4.69, 9.17) is 0 Å². The molecule has 0 aliphatic rings. The third-order valence-electron chi connectivity index (χ3n) is 2.28. The molecule has 96 valence electrons. The molecule has 2 aromatic rings. The van der Waals surface area contributed by atoms with Gasteiger partial charge in [-0.15, -0.1) is 16.9 Å². The number of nitrogens with one attached hydrogen (secondary N) is 1. The van der Waals surface area contributed by atoms with Crippen molar-refractivity contribution in [1.29, 1.82) is 0 Å². The number of phenols is 1. The molecule has 2 rings (SSSR count). The van der Waals surface area contributed by atoms with Gasteiger partial charge in [0.2, 0.25) is 0 Å². The van der Waals surface area contributed by atoms with Crippen LogP contribution in [0.1, 0.15) is 19.0 Å². The molecule has 0 unspecified atom stereocenters. The summed E-state index contributed by atoms with van der Waals surface area (Å²) in [6.07, 6.45) is 1.08. The van der Waals surface area contributed by atoms with E-state index in [0.717, 1.165) is 34.3 Å². The number of thioether (sulfide) groups is 1. The normalized spacial score (nSPS) is 10.5. The SMILES string of the molecule is CCCNc1snnc1CSc1cccc(O)c1. The van der Waals surface area contributed by atoms with Crippen LogP contribution in [0.2, 0.25) is 0 Å². The summed E-state index contributed by atoms with van der Waals surface area (Å²) in [5, 5.41) is 17.9. The predicted molar refractivity (Wildman–Crippen MR) is 76.4 cm³/mol. The van der Waals surface area contributed by atoms with Crippen LogP contribution in [0.5, 0.6) is 5.75 Å². The van der Waals surface area contributed by atoms with Gasteiger partial charge in [0.1, 0.15) is 16.4 Å². The Morgan fingerprint density at radius 3 is 3.11 bits per heavy atom. The zero-order valence-electron chi connectivity index (χ0n) is 10.1. The molecule has 1 aromatic carbocycles. The first-order valence-corrected chi connectivity index (χ1v) is 7.52. The van der Waals surface area contributed by atoms with Gasteiger partial charge in [-0.2, -0.15) is 0 Å². The van der Waals surface area contributed by atoms with Crippen LogP contribution in [0.3, 0.4) is 0 Å². The second-order valence-electron chi connectivity index (χ2n) is 3.76. The Balaban J connectivity index is 1.95. The van der Waals surface area contributed by atoms with Crippen LogP contribution >= 0.6 is 23.3 Å². The van der Waals surface area contributed by atoms with E-state index in [2.05, 4.69) is 21.8 Å². The molecular formula is C12H15N3OS2. The number of phenolic OH excluding ortho intramolecular Hbond substituents is 1. The molecule has 1 heterocycles. The highest BCUT2D eigenvalue weighted by Gasteiger charge is 2.07. The van der Waals surface area contributed by atoms with Crippen molar-refractivity contribution in [2.24, 2.45) is 0 Å². The fourth-order valence-corrected chi connectivity index (χ4v) is 2.98. The molecule has 0 amide bonds. The molecule has 0 aliphatic carbocycles. The van der Waals surface area contributed by atoms with Crippen molar-refractivity contribution in [2.45, 2.75) is 24.0 Å². The third-order valence-corrected chi connectivity index (χ3v) is 4.02. The van der Waals surface area contributed by atoms with Crippen molar-refractivity contribution in [1.82, 2.24) is 9.59 Å². The molecule has 2 N–H and O–H groups in total. The molecule has 0 spiro atoms. The summed E-state index contributed by atoms with van der Waals surface area (Å²) in [5.41, 5.74) is 0.974. The van der Waals surface area contributed by atoms with Gasteiger partial charge >= 0.3 is 0 Å². The Kier molecular flexibility index (Phi) is 4.83. The van der Waals surface area contributed by atoms with Crippen LogP contribution < -0.4 is 5.32 Å². The van der Waals surface area contributed by atoms with Gasteiger partial charge in [-0.25, -0.2) is 0 Å². The van der Waals surface area contributed by atoms with Crippen LogP contribution in [0.15, 0.2) is 29.2 Å². The van der Waals surface area contributed by atoms with E-state index in [-0.39, 0.29) is 0 Å². The van der Waals surface area contributed by atoms with Crippen molar-refractivity contribution in [3.63, 3.8) is 0 Å². The molecule has 6 heteroatoms. The number of aromatic nitrogens is 2. The molecule has 18 heavy (non-hydrogen) atoms. The standard InChI is InChI=1S/C12H15N3OS2/c1-2-6-13-12-11(14-15-18-12)8-17-10-5-3-4-9(16)7-10/h3-5,7,13,16H,2,6,8H2,1H3. The molecule has 0 saturated heterocycles. The molecule has 0 bridgehead atoms. The third kappa shape index (κ3) is 3.61. The Morgan fingerprint density at radius 2 is 2.33 bits per heavy atom. The molecule has 1 aromatic heterocycles. The zero-order chi connectivity index (χ0) is 12.8. The van der Waals surface area contributed by atoms with Gasteiger partial charge in [0, 0.05) is 28.7 Å². The lowest BCUT2D eigenvalue weighted by Crippen LogP contribution is -2.00. The molecule has 0 fully saturated rings. The number of aromatic hydroxyl groups is 1. The predicted octanol–water partition coefficient (Wildman–Crippen LogP) is 3.36. The lowest BCUT2D eigenvalue weighted by molar-refractivity contribution is 0.474. The maximum absolute atomic E-state index is 9.39. The summed E-state index contributed by atoms with van der Waals surface area (Å²) in [6.45, 7) is 3.07. The molecule has 4 nitrogen and oxygen atoms in total. The first-order chi connectivity index (χ1) is 8.79. The number of hydrogen-bond acceptors (Lipinski definition) is 6. The number of nitrogens with zero attached hydrogens (tertiary/aromatic N) is 2. The summed E-state index contributed by atoms with van der Waals surface area (Å²) in [7, 11) is 0. The maximum Gasteiger partial charge on any atom is 0.134 e. The number of hydrogen-bond donors (Lipinski definition) is 2. The largest absolute Gasteiger partial charge is 0.508 e. The smallest absolute Gasteiger partial charge is 0.134 e.